The maximum Gasteiger partial charge on any atom is 0.416 e. The summed E-state index contributed by atoms with van der Waals surface area (Å²) >= 11 is 4.05. The molecule has 0 spiro atoms. The normalized spacial score (nSPS) is 12.4. The summed E-state index contributed by atoms with van der Waals surface area (Å²) in [5.41, 5.74) is -0.969. The van der Waals surface area contributed by atoms with Gasteiger partial charge in [-0.1, -0.05) is 6.07 Å². The van der Waals surface area contributed by atoms with Crippen molar-refractivity contribution >= 4 is 43.0 Å². The van der Waals surface area contributed by atoms with Gasteiger partial charge in [0.25, 0.3) is 10.0 Å². The first kappa shape index (κ1) is 16.3. The molecule has 1 aromatic heterocycles. The summed E-state index contributed by atoms with van der Waals surface area (Å²) in [5, 5.41) is 1.56. The van der Waals surface area contributed by atoms with Gasteiger partial charge in [0.2, 0.25) is 0 Å². The monoisotopic (exact) mass is 399 g/mol. The molecule has 9 heteroatoms. The van der Waals surface area contributed by atoms with Crippen molar-refractivity contribution in [2.45, 2.75) is 17.3 Å². The van der Waals surface area contributed by atoms with Crippen molar-refractivity contribution in [2.75, 3.05) is 4.72 Å². The predicted octanol–water partition coefficient (Wildman–Crippen LogP) is 4.64. The van der Waals surface area contributed by atoms with Crippen LogP contribution in [-0.2, 0) is 16.2 Å². The van der Waals surface area contributed by atoms with Crippen molar-refractivity contribution in [2.24, 2.45) is 0 Å². The van der Waals surface area contributed by atoms with E-state index in [2.05, 4.69) is 20.7 Å². The Morgan fingerprint density at radius 3 is 2.43 bits per heavy atom. The number of hydrogen-bond acceptors (Lipinski definition) is 3. The van der Waals surface area contributed by atoms with E-state index in [9.17, 15) is 21.6 Å². The average Bonchev–Trinajstić information content (AvgIpc) is 2.77. The van der Waals surface area contributed by atoms with Crippen LogP contribution < -0.4 is 4.72 Å². The third-order valence-electron chi connectivity index (χ3n) is 2.62. The first-order chi connectivity index (χ1) is 9.61. The van der Waals surface area contributed by atoms with E-state index in [0.29, 0.717) is 4.47 Å². The Hall–Kier alpha value is -1.06. The highest BCUT2D eigenvalue weighted by atomic mass is 79.9. The van der Waals surface area contributed by atoms with Gasteiger partial charge in [0, 0.05) is 10.2 Å². The van der Waals surface area contributed by atoms with Crippen molar-refractivity contribution < 1.29 is 21.6 Å². The van der Waals surface area contributed by atoms with Crippen LogP contribution in [0.4, 0.5) is 18.9 Å². The van der Waals surface area contributed by atoms with Crippen LogP contribution in [-0.4, -0.2) is 8.42 Å². The molecule has 0 bridgehead atoms. The average molecular weight is 400 g/mol. The van der Waals surface area contributed by atoms with E-state index in [4.69, 9.17) is 0 Å². The van der Waals surface area contributed by atoms with Gasteiger partial charge in [0.1, 0.15) is 0 Å². The number of rotatable bonds is 3. The summed E-state index contributed by atoms with van der Waals surface area (Å²) in [4.78, 5) is 0. The molecule has 0 atom stereocenters. The number of aryl methyl sites for hydroxylation is 1. The largest absolute Gasteiger partial charge is 0.416 e. The number of halogens is 4. The summed E-state index contributed by atoms with van der Waals surface area (Å²) in [6, 6.07) is 4.86. The Labute approximate surface area is 132 Å². The number of benzene rings is 1. The van der Waals surface area contributed by atoms with Gasteiger partial charge in [-0.05, 0) is 52.0 Å². The number of nitrogens with one attached hydrogen (secondary N) is 1. The van der Waals surface area contributed by atoms with Gasteiger partial charge in [-0.3, -0.25) is 4.72 Å². The molecule has 2 aromatic rings. The second-order valence-electron chi connectivity index (χ2n) is 4.19. The first-order valence-electron chi connectivity index (χ1n) is 5.55. The molecular formula is C12H9BrF3NO2S2. The van der Waals surface area contributed by atoms with E-state index in [0.717, 1.165) is 17.4 Å². The molecule has 1 N–H and O–H groups in total. The molecular weight excluding hydrogens is 391 g/mol. The lowest BCUT2D eigenvalue weighted by Gasteiger charge is -2.13. The van der Waals surface area contributed by atoms with Crippen molar-refractivity contribution in [1.29, 1.82) is 0 Å². The van der Waals surface area contributed by atoms with Gasteiger partial charge < -0.3 is 0 Å². The summed E-state index contributed by atoms with van der Waals surface area (Å²) in [7, 11) is -3.92. The zero-order valence-electron chi connectivity index (χ0n) is 10.5. The molecule has 114 valence electrons. The highest BCUT2D eigenvalue weighted by Gasteiger charge is 2.33. The SMILES string of the molecule is Cc1ccc(NS(=O)(=O)c2sccc2Br)cc1C(F)(F)F. The zero-order chi connectivity index (χ0) is 15.8. The fraction of sp³-hybridized carbons (Fsp3) is 0.167. The fourth-order valence-corrected chi connectivity index (χ4v) is 5.05. The molecule has 0 saturated carbocycles. The van der Waals surface area contributed by atoms with E-state index in [1.807, 2.05) is 0 Å². The Balaban J connectivity index is 2.39. The van der Waals surface area contributed by atoms with Crippen LogP contribution in [0.1, 0.15) is 11.1 Å². The third-order valence-corrected chi connectivity index (χ3v) is 6.68. The number of anilines is 1. The van der Waals surface area contributed by atoms with Crippen LogP contribution in [0, 0.1) is 6.92 Å². The van der Waals surface area contributed by atoms with Gasteiger partial charge in [-0.15, -0.1) is 11.3 Å². The fourth-order valence-electron chi connectivity index (χ4n) is 1.66. The zero-order valence-corrected chi connectivity index (χ0v) is 13.8. The van der Waals surface area contributed by atoms with Crippen LogP contribution in [0.2, 0.25) is 0 Å². The highest BCUT2D eigenvalue weighted by molar-refractivity contribution is 9.10. The lowest BCUT2D eigenvalue weighted by molar-refractivity contribution is -0.138. The minimum Gasteiger partial charge on any atom is -0.279 e. The topological polar surface area (TPSA) is 46.2 Å². The molecule has 21 heavy (non-hydrogen) atoms. The number of thiophene rings is 1. The minimum absolute atomic E-state index is 0.0108. The quantitative estimate of drug-likeness (QED) is 0.816. The standard InChI is InChI=1S/C12H9BrF3NO2S2/c1-7-2-3-8(6-9(7)12(14,15)16)17-21(18,19)11-10(13)4-5-20-11/h2-6,17H,1H3. The Morgan fingerprint density at radius 2 is 1.90 bits per heavy atom. The van der Waals surface area contributed by atoms with E-state index in [1.165, 1.54) is 19.1 Å². The number of alkyl halides is 3. The third kappa shape index (κ3) is 3.58. The van der Waals surface area contributed by atoms with Crippen LogP contribution in [0.5, 0.6) is 0 Å². The van der Waals surface area contributed by atoms with Crippen molar-refractivity contribution in [3.63, 3.8) is 0 Å². The second kappa shape index (κ2) is 5.62. The Morgan fingerprint density at radius 1 is 1.24 bits per heavy atom. The summed E-state index contributed by atoms with van der Waals surface area (Å²) in [6.45, 7) is 1.32. The van der Waals surface area contributed by atoms with Gasteiger partial charge in [0.05, 0.1) is 5.56 Å². The van der Waals surface area contributed by atoms with Gasteiger partial charge in [-0.25, -0.2) is 8.42 Å². The van der Waals surface area contributed by atoms with E-state index in [-0.39, 0.29) is 15.5 Å². The molecule has 2 rings (SSSR count). The first-order valence-corrected chi connectivity index (χ1v) is 8.70. The van der Waals surface area contributed by atoms with E-state index >= 15 is 0 Å². The molecule has 0 amide bonds. The summed E-state index contributed by atoms with van der Waals surface area (Å²) in [6.07, 6.45) is -4.53. The van der Waals surface area contributed by atoms with Crippen LogP contribution in [0.25, 0.3) is 0 Å². The van der Waals surface area contributed by atoms with Crippen molar-refractivity contribution in [3.8, 4) is 0 Å². The molecule has 1 heterocycles. The second-order valence-corrected chi connectivity index (χ2v) is 7.84. The summed E-state index contributed by atoms with van der Waals surface area (Å²) in [5.74, 6) is 0. The minimum atomic E-state index is -4.53. The molecule has 3 nitrogen and oxygen atoms in total. The van der Waals surface area contributed by atoms with Crippen molar-refractivity contribution in [3.05, 3.63) is 45.2 Å². The maximum atomic E-state index is 12.8. The van der Waals surface area contributed by atoms with E-state index < -0.39 is 21.8 Å². The van der Waals surface area contributed by atoms with Crippen molar-refractivity contribution in [1.82, 2.24) is 0 Å². The molecule has 0 aliphatic carbocycles. The van der Waals surface area contributed by atoms with Crippen LogP contribution in [0.3, 0.4) is 0 Å². The molecule has 0 aliphatic heterocycles. The van der Waals surface area contributed by atoms with E-state index in [1.54, 1.807) is 11.4 Å². The molecule has 0 radical (unpaired) electrons. The smallest absolute Gasteiger partial charge is 0.279 e. The van der Waals surface area contributed by atoms with Gasteiger partial charge in [-0.2, -0.15) is 13.2 Å². The maximum absolute atomic E-state index is 12.8. The lowest BCUT2D eigenvalue weighted by atomic mass is 10.1. The summed E-state index contributed by atoms with van der Waals surface area (Å²) < 4.78 is 65.2. The van der Waals surface area contributed by atoms with Crippen LogP contribution >= 0.6 is 27.3 Å². The predicted molar refractivity (Wildman–Crippen MR) is 79.0 cm³/mol. The number of sulfonamides is 1. The number of hydrogen-bond donors (Lipinski definition) is 1. The molecule has 0 fully saturated rings. The van der Waals surface area contributed by atoms with Gasteiger partial charge in [0.15, 0.2) is 4.21 Å². The van der Waals surface area contributed by atoms with Crippen LogP contribution in [0.15, 0.2) is 38.3 Å². The molecule has 0 unspecified atom stereocenters. The lowest BCUT2D eigenvalue weighted by Crippen LogP contribution is -2.14. The molecule has 0 saturated heterocycles. The Kier molecular flexibility index (Phi) is 4.36. The Bertz CT molecular complexity index is 769. The molecule has 1 aromatic carbocycles. The highest BCUT2D eigenvalue weighted by Crippen LogP contribution is 2.35. The molecule has 0 aliphatic rings. The van der Waals surface area contributed by atoms with Gasteiger partial charge >= 0.3 is 6.18 Å².